The number of ketones is 1. The minimum atomic E-state index is -0.493. The Morgan fingerprint density at radius 2 is 1.22 bits per heavy atom. The van der Waals surface area contributed by atoms with Crippen LogP contribution in [0.4, 0.5) is 0 Å². The third-order valence-electron chi connectivity index (χ3n) is 0.755. The maximum absolute atomic E-state index is 10.5. The second-order valence-corrected chi connectivity index (χ2v) is 5.13. The Labute approximate surface area is 155 Å². The van der Waals surface area contributed by atoms with E-state index in [2.05, 4.69) is 11.3 Å². The van der Waals surface area contributed by atoms with Crippen molar-refractivity contribution in [2.24, 2.45) is 0 Å². The van der Waals surface area contributed by atoms with Crippen molar-refractivity contribution in [3.63, 3.8) is 0 Å². The molecule has 0 bridgehead atoms. The van der Waals surface area contributed by atoms with Crippen LogP contribution in [-0.2, 0) is 36.0 Å². The van der Waals surface area contributed by atoms with Gasteiger partial charge in [-0.2, -0.15) is 0 Å². The molecule has 0 radical (unpaired) electrons. The fraction of sp³-hybridized carbons (Fsp3) is 0.750. The number of esters is 1. The topological polar surface area (TPSA) is 104 Å². The molecule has 0 unspecified atom stereocenters. The van der Waals surface area contributed by atoms with Crippen LogP contribution < -0.4 is 0 Å². The number of aliphatic hydroxyl groups excluding tert-OH is 3. The van der Waals surface area contributed by atoms with Crippen molar-refractivity contribution >= 4 is 11.8 Å². The first-order chi connectivity index (χ1) is 9.86. The van der Waals surface area contributed by atoms with Gasteiger partial charge in [-0.3, -0.25) is 9.59 Å². The van der Waals surface area contributed by atoms with Gasteiger partial charge >= 0.3 is 27.7 Å². The second kappa shape index (κ2) is 26.4. The Morgan fingerprint density at radius 1 is 0.957 bits per heavy atom. The summed E-state index contributed by atoms with van der Waals surface area (Å²) in [6.45, 7) is 15.2. The summed E-state index contributed by atoms with van der Waals surface area (Å²) in [6, 6.07) is 0. The molecule has 6 nitrogen and oxygen atoms in total. The van der Waals surface area contributed by atoms with Gasteiger partial charge in [0.25, 0.3) is 0 Å². The first-order valence-electron chi connectivity index (χ1n) is 7.16. The van der Waals surface area contributed by atoms with E-state index in [9.17, 15) is 9.59 Å². The Bertz CT molecular complexity index is 243. The van der Waals surface area contributed by atoms with Crippen LogP contribution >= 0.6 is 0 Å². The fourth-order valence-corrected chi connectivity index (χ4v) is 0.406. The third kappa shape index (κ3) is 146. The molecular weight excluding hydrogens is 336 g/mol. The first-order valence-corrected chi connectivity index (χ1v) is 7.16. The summed E-state index contributed by atoms with van der Waals surface area (Å²) < 4.78 is 4.52. The predicted octanol–water partition coefficient (Wildman–Crippen LogP) is 1.85. The second-order valence-electron chi connectivity index (χ2n) is 5.13. The van der Waals surface area contributed by atoms with Gasteiger partial charge in [-0.1, -0.05) is 12.7 Å². The molecule has 0 aliphatic rings. The summed E-state index contributed by atoms with van der Waals surface area (Å²) in [6.07, 6.45) is 0.811. The van der Waals surface area contributed by atoms with Crippen molar-refractivity contribution in [3.8, 4) is 0 Å². The van der Waals surface area contributed by atoms with Gasteiger partial charge < -0.3 is 20.1 Å². The molecule has 0 fully saturated rings. The zero-order valence-electron chi connectivity index (χ0n) is 15.5. The van der Waals surface area contributed by atoms with E-state index < -0.39 is 5.97 Å². The van der Waals surface area contributed by atoms with Gasteiger partial charge in [0.1, 0.15) is 18.8 Å². The maximum Gasteiger partial charge on any atom is 4.00 e. The van der Waals surface area contributed by atoms with E-state index in [4.69, 9.17) is 15.3 Å². The number of hydrogen-bond donors (Lipinski definition) is 3. The van der Waals surface area contributed by atoms with Gasteiger partial charge in [0.05, 0.1) is 0 Å². The molecule has 134 valence electrons. The van der Waals surface area contributed by atoms with Crippen LogP contribution in [-0.4, -0.2) is 52.0 Å². The van der Waals surface area contributed by atoms with E-state index in [1.807, 2.05) is 0 Å². The van der Waals surface area contributed by atoms with Crippen LogP contribution in [0.2, 0.25) is 0 Å². The van der Waals surface area contributed by atoms with Crippen LogP contribution in [0.1, 0.15) is 54.9 Å². The molecule has 0 spiro atoms. The Hall–Kier alpha value is -0.526. The van der Waals surface area contributed by atoms with Crippen molar-refractivity contribution in [3.05, 3.63) is 12.7 Å². The zero-order valence-corrected chi connectivity index (χ0v) is 17.1. The number of hydrogen-bond acceptors (Lipinski definition) is 6. The first kappa shape index (κ1) is 33.9. The zero-order chi connectivity index (χ0) is 18.7. The molecule has 0 aliphatic carbocycles. The molecule has 23 heavy (non-hydrogen) atoms. The average molecular weight is 370 g/mol. The van der Waals surface area contributed by atoms with E-state index in [0.717, 1.165) is 0 Å². The SMILES string of the molecule is C=CCOC(=O)CC(C)=O.CC(C)O.CC(C)O.CC(C)O.[Ti+4]. The van der Waals surface area contributed by atoms with E-state index in [0.29, 0.717) is 0 Å². The quantitative estimate of drug-likeness (QED) is 0.302. The molecule has 3 N–H and O–H groups in total. The summed E-state index contributed by atoms with van der Waals surface area (Å²) in [4.78, 5) is 20.8. The number of aliphatic hydroxyl groups is 3. The van der Waals surface area contributed by atoms with E-state index >= 15 is 0 Å². The van der Waals surface area contributed by atoms with E-state index in [-0.39, 0.29) is 58.8 Å². The smallest absolute Gasteiger partial charge is 0.461 e. The molecule has 0 aromatic heterocycles. The minimum absolute atomic E-state index is 0. The van der Waals surface area contributed by atoms with Crippen LogP contribution in [0, 0.1) is 0 Å². The van der Waals surface area contributed by atoms with Gasteiger partial charge in [-0.05, 0) is 48.5 Å². The predicted molar refractivity (Wildman–Crippen MR) is 88.5 cm³/mol. The Morgan fingerprint density at radius 3 is 1.39 bits per heavy atom. The molecule has 0 amide bonds. The molecular formula is C16H34O6Ti+4. The van der Waals surface area contributed by atoms with Crippen LogP contribution in [0.15, 0.2) is 12.7 Å². The van der Waals surface area contributed by atoms with E-state index in [1.165, 1.54) is 13.0 Å². The number of rotatable bonds is 4. The number of carbonyl (C=O) groups is 2. The van der Waals surface area contributed by atoms with Crippen molar-refractivity contribution in [2.75, 3.05) is 6.61 Å². The molecule has 0 heterocycles. The maximum atomic E-state index is 10.5. The minimum Gasteiger partial charge on any atom is -0.461 e. The normalized spacial score (nSPS) is 8.39. The molecule has 7 heteroatoms. The van der Waals surface area contributed by atoms with Crippen molar-refractivity contribution in [2.45, 2.75) is 73.2 Å². The van der Waals surface area contributed by atoms with Gasteiger partial charge in [0, 0.05) is 18.3 Å². The van der Waals surface area contributed by atoms with Crippen LogP contribution in [0.25, 0.3) is 0 Å². The fourth-order valence-electron chi connectivity index (χ4n) is 0.406. The van der Waals surface area contributed by atoms with Gasteiger partial charge in [0.2, 0.25) is 0 Å². The summed E-state index contributed by atoms with van der Waals surface area (Å²) in [5.74, 6) is -0.679. The molecule has 0 rings (SSSR count). The number of ether oxygens (including phenoxy) is 1. The van der Waals surface area contributed by atoms with Crippen LogP contribution in [0.5, 0.6) is 0 Å². The molecule has 0 atom stereocenters. The Balaban J connectivity index is -0.0000000700. The van der Waals surface area contributed by atoms with Gasteiger partial charge in [-0.25, -0.2) is 0 Å². The Kier molecular flexibility index (Phi) is 38.9. The molecule has 0 aromatic carbocycles. The summed E-state index contributed by atoms with van der Waals surface area (Å²) in [7, 11) is 0. The molecule has 0 saturated heterocycles. The summed E-state index contributed by atoms with van der Waals surface area (Å²) >= 11 is 0. The van der Waals surface area contributed by atoms with Gasteiger partial charge in [-0.15, -0.1) is 0 Å². The summed E-state index contributed by atoms with van der Waals surface area (Å²) in [5.41, 5.74) is 0. The monoisotopic (exact) mass is 370 g/mol. The van der Waals surface area contributed by atoms with Crippen LogP contribution in [0.3, 0.4) is 0 Å². The number of carbonyl (C=O) groups excluding carboxylic acids is 2. The molecule has 0 aliphatic heterocycles. The standard InChI is InChI=1S/C7H10O3.3C3H8O.Ti/c1-3-4-10-7(9)5-6(2)8;3*1-3(2)4;/h3H,1,4-5H2,2H3;3*3-4H,1-2H3;/q;;;;+4. The van der Waals surface area contributed by atoms with E-state index in [1.54, 1.807) is 41.5 Å². The number of Topliss-reactive ketones (excluding diaryl/α,β-unsaturated/α-hetero) is 1. The van der Waals surface area contributed by atoms with Crippen molar-refractivity contribution < 1.29 is 51.4 Å². The molecule has 0 saturated carbocycles. The average Bonchev–Trinajstić information content (AvgIpc) is 2.22. The van der Waals surface area contributed by atoms with Gasteiger partial charge in [0.15, 0.2) is 0 Å². The van der Waals surface area contributed by atoms with Crippen molar-refractivity contribution in [1.82, 2.24) is 0 Å². The largest absolute Gasteiger partial charge is 4.00 e. The van der Waals surface area contributed by atoms with Crippen molar-refractivity contribution in [1.29, 1.82) is 0 Å². The molecule has 0 aromatic rings. The summed E-state index contributed by atoms with van der Waals surface area (Å²) in [5, 5.41) is 24.2. The third-order valence-corrected chi connectivity index (χ3v) is 0.755.